The third-order valence-corrected chi connectivity index (χ3v) is 1.25. The molecule has 1 heteroatoms. The van der Waals surface area contributed by atoms with Crippen molar-refractivity contribution in [1.29, 1.82) is 0 Å². The molecule has 0 fully saturated rings. The van der Waals surface area contributed by atoms with Crippen LogP contribution in [0.15, 0.2) is 0 Å². The second-order valence-corrected chi connectivity index (χ2v) is 4.77. The maximum absolute atomic E-state index is 8.89. The van der Waals surface area contributed by atoms with Gasteiger partial charge in [0.25, 0.3) is 0 Å². The summed E-state index contributed by atoms with van der Waals surface area (Å²) in [5.74, 6) is 0.833. The lowest BCUT2D eigenvalue weighted by Crippen LogP contribution is -2.21. The van der Waals surface area contributed by atoms with E-state index in [-0.39, 0.29) is 11.5 Å². The zero-order chi connectivity index (χ0) is 9.65. The minimum atomic E-state index is -0.201. The first-order valence-electron chi connectivity index (χ1n) is 4.36. The van der Waals surface area contributed by atoms with Crippen LogP contribution in [0.2, 0.25) is 0 Å². The van der Waals surface area contributed by atoms with Gasteiger partial charge >= 0.3 is 0 Å². The molecule has 0 aliphatic rings. The summed E-state index contributed by atoms with van der Waals surface area (Å²) >= 11 is 0. The van der Waals surface area contributed by atoms with Crippen LogP contribution < -0.4 is 0 Å². The second kappa shape index (κ2) is 5.59. The molecule has 0 aromatic rings. The normalized spacial score (nSPS) is 13.9. The predicted molar refractivity (Wildman–Crippen MR) is 51.6 cm³/mol. The van der Waals surface area contributed by atoms with Gasteiger partial charge in [0.05, 0.1) is 6.10 Å². The van der Waals surface area contributed by atoms with Crippen LogP contribution in [0.3, 0.4) is 0 Å². The number of hydrogen-bond acceptors (Lipinski definition) is 1. The molecule has 70 valence electrons. The van der Waals surface area contributed by atoms with Gasteiger partial charge in [-0.1, -0.05) is 41.5 Å². The first-order chi connectivity index (χ1) is 4.68. The highest BCUT2D eigenvalue weighted by Crippen LogP contribution is 2.17. The lowest BCUT2D eigenvalue weighted by molar-refractivity contribution is 0.0801. The minimum absolute atomic E-state index is 0.0556. The molecule has 11 heavy (non-hydrogen) atoms. The van der Waals surface area contributed by atoms with E-state index in [0.29, 0.717) is 0 Å². The fraction of sp³-hybridized carbons (Fsp3) is 1.00. The van der Waals surface area contributed by atoms with E-state index in [4.69, 9.17) is 5.11 Å². The van der Waals surface area contributed by atoms with Crippen molar-refractivity contribution in [2.24, 2.45) is 11.3 Å². The van der Waals surface area contributed by atoms with Crippen LogP contribution >= 0.6 is 0 Å². The van der Waals surface area contributed by atoms with Crippen LogP contribution in [0.25, 0.3) is 0 Å². The number of hydrogen-bond donors (Lipinski definition) is 1. The van der Waals surface area contributed by atoms with Crippen molar-refractivity contribution in [2.75, 3.05) is 0 Å². The van der Waals surface area contributed by atoms with E-state index < -0.39 is 0 Å². The van der Waals surface area contributed by atoms with E-state index in [1.54, 1.807) is 6.92 Å². The van der Waals surface area contributed by atoms with Crippen molar-refractivity contribution < 1.29 is 5.11 Å². The number of aliphatic hydroxyl groups excluding tert-OH is 1. The first kappa shape index (κ1) is 13.5. The standard InChI is InChI=1S/C6H14O.C4H10/c1-5(7)6(2,3)4;1-4(2)3/h5,7H,1-4H3;4H,1-3H3. The van der Waals surface area contributed by atoms with Crippen molar-refractivity contribution in [3.05, 3.63) is 0 Å². The smallest absolute Gasteiger partial charge is 0.0560 e. The third kappa shape index (κ3) is 17.8. The van der Waals surface area contributed by atoms with Gasteiger partial charge in [-0.25, -0.2) is 0 Å². The first-order valence-corrected chi connectivity index (χ1v) is 4.36. The van der Waals surface area contributed by atoms with Crippen molar-refractivity contribution >= 4 is 0 Å². The fourth-order valence-corrected chi connectivity index (χ4v) is 0. The van der Waals surface area contributed by atoms with Gasteiger partial charge in [-0.2, -0.15) is 0 Å². The summed E-state index contributed by atoms with van der Waals surface area (Å²) < 4.78 is 0. The van der Waals surface area contributed by atoms with E-state index in [2.05, 4.69) is 20.8 Å². The van der Waals surface area contributed by atoms with Crippen LogP contribution in [-0.2, 0) is 0 Å². The van der Waals surface area contributed by atoms with Crippen molar-refractivity contribution in [1.82, 2.24) is 0 Å². The monoisotopic (exact) mass is 160 g/mol. The minimum Gasteiger partial charge on any atom is -0.393 e. The van der Waals surface area contributed by atoms with E-state index in [9.17, 15) is 0 Å². The molecule has 1 N–H and O–H groups in total. The molecule has 1 unspecified atom stereocenters. The SMILES string of the molecule is CC(C)C.CC(O)C(C)(C)C. The molecule has 0 aliphatic heterocycles. The average molecular weight is 160 g/mol. The summed E-state index contributed by atoms with van der Waals surface area (Å²) in [4.78, 5) is 0. The highest BCUT2D eigenvalue weighted by atomic mass is 16.3. The molecule has 0 spiro atoms. The molecule has 0 bridgehead atoms. The summed E-state index contributed by atoms with van der Waals surface area (Å²) in [5.41, 5.74) is 0.0556. The van der Waals surface area contributed by atoms with Gasteiger partial charge in [0.15, 0.2) is 0 Å². The van der Waals surface area contributed by atoms with Gasteiger partial charge < -0.3 is 5.11 Å². The Labute approximate surface area is 71.8 Å². The summed E-state index contributed by atoms with van der Waals surface area (Å²) in [6.45, 7) is 14.3. The van der Waals surface area contributed by atoms with Crippen LogP contribution in [0.1, 0.15) is 48.5 Å². The Morgan fingerprint density at radius 3 is 1.00 bits per heavy atom. The largest absolute Gasteiger partial charge is 0.393 e. The molecular weight excluding hydrogens is 136 g/mol. The van der Waals surface area contributed by atoms with Gasteiger partial charge in [0, 0.05) is 0 Å². The molecule has 1 atom stereocenters. The Morgan fingerprint density at radius 1 is 0.909 bits per heavy atom. The molecular formula is C10H24O. The van der Waals surface area contributed by atoms with Crippen LogP contribution in [0.5, 0.6) is 0 Å². The second-order valence-electron chi connectivity index (χ2n) is 4.77. The Hall–Kier alpha value is -0.0400. The molecule has 0 amide bonds. The zero-order valence-corrected chi connectivity index (χ0v) is 9.10. The van der Waals surface area contributed by atoms with Gasteiger partial charge in [-0.3, -0.25) is 0 Å². The Kier molecular flexibility index (Phi) is 6.88. The van der Waals surface area contributed by atoms with Crippen LogP contribution in [-0.4, -0.2) is 11.2 Å². The quantitative estimate of drug-likeness (QED) is 0.577. The Morgan fingerprint density at radius 2 is 1.00 bits per heavy atom. The summed E-state index contributed by atoms with van der Waals surface area (Å²) in [5, 5.41) is 8.89. The van der Waals surface area contributed by atoms with E-state index in [0.717, 1.165) is 5.92 Å². The fourth-order valence-electron chi connectivity index (χ4n) is 0. The maximum Gasteiger partial charge on any atom is 0.0560 e. The van der Waals surface area contributed by atoms with Gasteiger partial charge in [-0.05, 0) is 18.3 Å². The number of aliphatic hydroxyl groups is 1. The predicted octanol–water partition coefficient (Wildman–Crippen LogP) is 3.08. The van der Waals surface area contributed by atoms with Crippen LogP contribution in [0.4, 0.5) is 0 Å². The van der Waals surface area contributed by atoms with Gasteiger partial charge in [0.2, 0.25) is 0 Å². The molecule has 1 nitrogen and oxygen atoms in total. The molecule has 0 saturated carbocycles. The summed E-state index contributed by atoms with van der Waals surface area (Å²) in [7, 11) is 0. The third-order valence-electron chi connectivity index (χ3n) is 1.25. The molecule has 0 radical (unpaired) electrons. The summed E-state index contributed by atoms with van der Waals surface area (Å²) in [6, 6.07) is 0. The number of rotatable bonds is 0. The molecule has 0 heterocycles. The molecule has 0 aliphatic carbocycles. The Balaban J connectivity index is 0. The van der Waals surface area contributed by atoms with Crippen LogP contribution in [0, 0.1) is 11.3 Å². The average Bonchev–Trinajstić information content (AvgIpc) is 1.59. The molecule has 0 aromatic carbocycles. The highest BCUT2D eigenvalue weighted by molar-refractivity contribution is 4.66. The van der Waals surface area contributed by atoms with E-state index in [1.165, 1.54) is 0 Å². The van der Waals surface area contributed by atoms with Crippen molar-refractivity contribution in [3.8, 4) is 0 Å². The lowest BCUT2D eigenvalue weighted by atomic mass is 9.91. The highest BCUT2D eigenvalue weighted by Gasteiger charge is 2.15. The topological polar surface area (TPSA) is 20.2 Å². The van der Waals surface area contributed by atoms with E-state index >= 15 is 0 Å². The van der Waals surface area contributed by atoms with E-state index in [1.807, 2.05) is 20.8 Å². The zero-order valence-electron chi connectivity index (χ0n) is 9.10. The van der Waals surface area contributed by atoms with Crippen molar-refractivity contribution in [3.63, 3.8) is 0 Å². The summed E-state index contributed by atoms with van der Waals surface area (Å²) in [6.07, 6.45) is -0.201. The molecule has 0 aromatic heterocycles. The van der Waals surface area contributed by atoms with Gasteiger partial charge in [0.1, 0.15) is 0 Å². The molecule has 0 saturated heterocycles. The maximum atomic E-state index is 8.89. The molecule has 0 rings (SSSR count). The Bertz CT molecular complexity index is 74.6. The lowest BCUT2D eigenvalue weighted by Gasteiger charge is -2.21. The van der Waals surface area contributed by atoms with Gasteiger partial charge in [-0.15, -0.1) is 0 Å². The van der Waals surface area contributed by atoms with Crippen molar-refractivity contribution in [2.45, 2.75) is 54.6 Å².